The van der Waals surface area contributed by atoms with Gasteiger partial charge in [0.05, 0.1) is 6.61 Å². The van der Waals surface area contributed by atoms with E-state index in [9.17, 15) is 4.79 Å². The SMILES string of the molecule is CCCCCOC(=O)Oc1ccc(-c2ncc3c(n2)CCC(CCC)C3)cc1. The molecule has 0 spiro atoms. The fourth-order valence-electron chi connectivity index (χ4n) is 3.68. The minimum absolute atomic E-state index is 0.396. The lowest BCUT2D eigenvalue weighted by Crippen LogP contribution is -2.16. The van der Waals surface area contributed by atoms with E-state index < -0.39 is 6.16 Å². The summed E-state index contributed by atoms with van der Waals surface area (Å²) in [6.45, 7) is 4.75. The summed E-state index contributed by atoms with van der Waals surface area (Å²) >= 11 is 0. The predicted octanol–water partition coefficient (Wildman–Crippen LogP) is 5.75. The Morgan fingerprint density at radius 1 is 1.14 bits per heavy atom. The van der Waals surface area contributed by atoms with Gasteiger partial charge in [0, 0.05) is 17.5 Å². The molecule has 1 aromatic carbocycles. The Balaban J connectivity index is 1.59. The Bertz CT molecular complexity index is 774. The van der Waals surface area contributed by atoms with Gasteiger partial charge in [-0.1, -0.05) is 39.5 Å². The van der Waals surface area contributed by atoms with Crippen LogP contribution in [0.1, 0.15) is 63.6 Å². The first-order chi connectivity index (χ1) is 13.7. The zero-order valence-corrected chi connectivity index (χ0v) is 16.9. The maximum Gasteiger partial charge on any atom is 0.513 e. The summed E-state index contributed by atoms with van der Waals surface area (Å²) in [5.74, 6) is 1.95. The van der Waals surface area contributed by atoms with E-state index in [4.69, 9.17) is 14.5 Å². The molecule has 0 aliphatic heterocycles. The van der Waals surface area contributed by atoms with Crippen LogP contribution in [0.3, 0.4) is 0 Å². The van der Waals surface area contributed by atoms with Crippen LogP contribution in [0.4, 0.5) is 4.79 Å². The molecular weight excluding hydrogens is 352 g/mol. The summed E-state index contributed by atoms with van der Waals surface area (Å²) < 4.78 is 10.3. The van der Waals surface area contributed by atoms with Crippen molar-refractivity contribution in [2.75, 3.05) is 6.61 Å². The van der Waals surface area contributed by atoms with Gasteiger partial charge in [-0.15, -0.1) is 0 Å². The van der Waals surface area contributed by atoms with Gasteiger partial charge in [-0.05, 0) is 61.4 Å². The lowest BCUT2D eigenvalue weighted by Gasteiger charge is -2.23. The Kier molecular flexibility index (Phi) is 7.40. The lowest BCUT2D eigenvalue weighted by atomic mass is 9.84. The number of fused-ring (bicyclic) bond motifs is 1. The number of hydrogen-bond donors (Lipinski definition) is 0. The number of aromatic nitrogens is 2. The Morgan fingerprint density at radius 3 is 2.71 bits per heavy atom. The van der Waals surface area contributed by atoms with Gasteiger partial charge < -0.3 is 9.47 Å². The summed E-state index contributed by atoms with van der Waals surface area (Å²) in [6.07, 6.45) is 10.2. The number of carbonyl (C=O) groups is 1. The molecule has 0 fully saturated rings. The number of carbonyl (C=O) groups excluding carboxylic acids is 1. The van der Waals surface area contributed by atoms with E-state index in [1.807, 2.05) is 18.3 Å². The second-order valence-corrected chi connectivity index (χ2v) is 7.50. The Labute approximate surface area is 167 Å². The summed E-state index contributed by atoms with van der Waals surface area (Å²) in [4.78, 5) is 21.0. The van der Waals surface area contributed by atoms with E-state index in [0.29, 0.717) is 12.4 Å². The van der Waals surface area contributed by atoms with E-state index in [1.165, 1.54) is 30.5 Å². The molecule has 0 N–H and O–H groups in total. The number of aryl methyl sites for hydroxylation is 1. The molecule has 0 bridgehead atoms. The zero-order valence-electron chi connectivity index (χ0n) is 16.9. The molecular formula is C23H30N2O3. The van der Waals surface area contributed by atoms with E-state index in [2.05, 4.69) is 18.8 Å². The van der Waals surface area contributed by atoms with E-state index in [0.717, 1.165) is 49.4 Å². The minimum Gasteiger partial charge on any atom is -0.434 e. The van der Waals surface area contributed by atoms with Gasteiger partial charge in [-0.2, -0.15) is 0 Å². The van der Waals surface area contributed by atoms with Crippen LogP contribution >= 0.6 is 0 Å². The lowest BCUT2D eigenvalue weighted by molar-refractivity contribution is 0.0974. The molecule has 1 aromatic heterocycles. The minimum atomic E-state index is -0.657. The van der Waals surface area contributed by atoms with Crippen LogP contribution in [-0.4, -0.2) is 22.7 Å². The number of unbranched alkanes of at least 4 members (excludes halogenated alkanes) is 2. The van der Waals surface area contributed by atoms with Gasteiger partial charge >= 0.3 is 6.16 Å². The summed E-state index contributed by atoms with van der Waals surface area (Å²) in [5, 5.41) is 0. The van der Waals surface area contributed by atoms with Crippen molar-refractivity contribution in [1.82, 2.24) is 9.97 Å². The molecule has 1 atom stereocenters. The Hall–Kier alpha value is -2.43. The van der Waals surface area contributed by atoms with Crippen LogP contribution in [0.5, 0.6) is 5.75 Å². The van der Waals surface area contributed by atoms with Crippen molar-refractivity contribution in [3.63, 3.8) is 0 Å². The van der Waals surface area contributed by atoms with Crippen LogP contribution in [0, 0.1) is 5.92 Å². The van der Waals surface area contributed by atoms with Gasteiger partial charge in [0.15, 0.2) is 5.82 Å². The first-order valence-corrected chi connectivity index (χ1v) is 10.5. The molecule has 1 aliphatic rings. The highest BCUT2D eigenvalue weighted by molar-refractivity contribution is 5.65. The number of hydrogen-bond acceptors (Lipinski definition) is 5. The van der Waals surface area contributed by atoms with E-state index in [1.54, 1.807) is 12.1 Å². The van der Waals surface area contributed by atoms with Crippen molar-refractivity contribution in [2.24, 2.45) is 5.92 Å². The molecule has 150 valence electrons. The molecule has 5 heteroatoms. The number of rotatable bonds is 8. The monoisotopic (exact) mass is 382 g/mol. The van der Waals surface area contributed by atoms with Gasteiger partial charge in [0.2, 0.25) is 0 Å². The quantitative estimate of drug-likeness (QED) is 0.330. The number of nitrogens with zero attached hydrogens (tertiary/aromatic N) is 2. The molecule has 1 aliphatic carbocycles. The normalized spacial score (nSPS) is 15.7. The topological polar surface area (TPSA) is 61.3 Å². The zero-order chi connectivity index (χ0) is 19.8. The summed E-state index contributed by atoms with van der Waals surface area (Å²) in [6, 6.07) is 7.26. The third kappa shape index (κ3) is 5.54. The van der Waals surface area contributed by atoms with E-state index >= 15 is 0 Å². The molecule has 5 nitrogen and oxygen atoms in total. The highest BCUT2D eigenvalue weighted by Crippen LogP contribution is 2.28. The van der Waals surface area contributed by atoms with Gasteiger partial charge in [0.1, 0.15) is 5.75 Å². The molecule has 0 saturated carbocycles. The van der Waals surface area contributed by atoms with Crippen LogP contribution in [0.25, 0.3) is 11.4 Å². The van der Waals surface area contributed by atoms with Crippen LogP contribution in [-0.2, 0) is 17.6 Å². The highest BCUT2D eigenvalue weighted by Gasteiger charge is 2.20. The average Bonchev–Trinajstić information content (AvgIpc) is 2.72. The number of benzene rings is 1. The van der Waals surface area contributed by atoms with Gasteiger partial charge in [-0.25, -0.2) is 14.8 Å². The number of ether oxygens (including phenoxy) is 2. The summed E-state index contributed by atoms with van der Waals surface area (Å²) in [5.41, 5.74) is 3.38. The van der Waals surface area contributed by atoms with Gasteiger partial charge in [-0.3, -0.25) is 0 Å². The van der Waals surface area contributed by atoms with E-state index in [-0.39, 0.29) is 0 Å². The third-order valence-corrected chi connectivity index (χ3v) is 5.23. The van der Waals surface area contributed by atoms with Crippen LogP contribution in [0.15, 0.2) is 30.5 Å². The highest BCUT2D eigenvalue weighted by atomic mass is 16.7. The molecule has 0 radical (unpaired) electrons. The molecule has 28 heavy (non-hydrogen) atoms. The predicted molar refractivity (Wildman–Crippen MR) is 109 cm³/mol. The molecule has 3 rings (SSSR count). The molecule has 0 saturated heterocycles. The molecule has 0 amide bonds. The van der Waals surface area contributed by atoms with Gasteiger partial charge in [0.25, 0.3) is 0 Å². The third-order valence-electron chi connectivity index (χ3n) is 5.23. The molecule has 1 unspecified atom stereocenters. The maximum absolute atomic E-state index is 11.7. The average molecular weight is 383 g/mol. The molecule has 1 heterocycles. The second kappa shape index (κ2) is 10.2. The van der Waals surface area contributed by atoms with Crippen molar-refractivity contribution in [1.29, 1.82) is 0 Å². The first kappa shape index (κ1) is 20.3. The fourth-order valence-corrected chi connectivity index (χ4v) is 3.68. The van der Waals surface area contributed by atoms with Crippen molar-refractivity contribution >= 4 is 6.16 Å². The van der Waals surface area contributed by atoms with Crippen molar-refractivity contribution in [2.45, 2.75) is 65.2 Å². The van der Waals surface area contributed by atoms with Crippen molar-refractivity contribution in [3.8, 4) is 17.1 Å². The maximum atomic E-state index is 11.7. The van der Waals surface area contributed by atoms with Crippen LogP contribution < -0.4 is 4.74 Å². The van der Waals surface area contributed by atoms with Crippen molar-refractivity contribution in [3.05, 3.63) is 41.7 Å². The fraction of sp³-hybridized carbons (Fsp3) is 0.522. The van der Waals surface area contributed by atoms with Crippen molar-refractivity contribution < 1.29 is 14.3 Å². The first-order valence-electron chi connectivity index (χ1n) is 10.5. The smallest absolute Gasteiger partial charge is 0.434 e. The standard InChI is InChI=1S/C23H30N2O3/c1-3-5-6-14-27-23(26)28-20-11-9-18(10-12-20)22-24-16-19-15-17(7-4-2)8-13-21(19)25-22/h9-12,16-17H,3-8,13-15H2,1-2H3. The second-order valence-electron chi connectivity index (χ2n) is 7.50. The van der Waals surface area contributed by atoms with Crippen LogP contribution in [0.2, 0.25) is 0 Å². The summed E-state index contributed by atoms with van der Waals surface area (Å²) in [7, 11) is 0. The largest absolute Gasteiger partial charge is 0.513 e. The molecule has 2 aromatic rings. The Morgan fingerprint density at radius 2 is 1.96 bits per heavy atom.